The molecule has 1 aliphatic heterocycles. The van der Waals surface area contributed by atoms with Crippen LogP contribution in [-0.4, -0.2) is 21.9 Å². The number of hydrogen-bond acceptors (Lipinski definition) is 4. The second kappa shape index (κ2) is 7.69. The number of aliphatic hydroxyl groups excluding tert-OH is 1. The molecular formula is C24H18ClNO4. The van der Waals surface area contributed by atoms with Crippen LogP contribution >= 0.6 is 11.6 Å². The van der Waals surface area contributed by atoms with E-state index in [1.54, 1.807) is 60.7 Å². The van der Waals surface area contributed by atoms with E-state index in [0.29, 0.717) is 21.8 Å². The third kappa shape index (κ3) is 3.33. The summed E-state index contributed by atoms with van der Waals surface area (Å²) in [5, 5.41) is 21.1. The van der Waals surface area contributed by atoms with Crippen molar-refractivity contribution in [3.8, 4) is 5.75 Å². The predicted octanol–water partition coefficient (Wildman–Crippen LogP) is 4.98. The minimum absolute atomic E-state index is 0.0198. The fourth-order valence-electron chi connectivity index (χ4n) is 3.55. The SMILES string of the molecule is Cc1ccc(N2C(=O)C(=O)C(=C(O)c3ccccc3)[C@H]2c2ccc(O)cc2)cc1Cl. The lowest BCUT2D eigenvalue weighted by atomic mass is 9.95. The van der Waals surface area contributed by atoms with Gasteiger partial charge in [0.1, 0.15) is 11.5 Å². The molecule has 1 atom stereocenters. The third-order valence-electron chi connectivity index (χ3n) is 5.13. The van der Waals surface area contributed by atoms with Gasteiger partial charge in [0.2, 0.25) is 0 Å². The zero-order valence-corrected chi connectivity index (χ0v) is 16.8. The quantitative estimate of drug-likeness (QED) is 0.356. The number of benzene rings is 3. The molecular weight excluding hydrogens is 402 g/mol. The van der Waals surface area contributed by atoms with Crippen LogP contribution in [0.15, 0.2) is 78.4 Å². The summed E-state index contributed by atoms with van der Waals surface area (Å²) in [7, 11) is 0. The lowest BCUT2D eigenvalue weighted by molar-refractivity contribution is -0.132. The molecule has 30 heavy (non-hydrogen) atoms. The smallest absolute Gasteiger partial charge is 0.300 e. The first-order chi connectivity index (χ1) is 14.4. The Labute approximate surface area is 178 Å². The van der Waals surface area contributed by atoms with Crippen LogP contribution < -0.4 is 4.90 Å². The number of Topliss-reactive ketones (excluding diaryl/α,β-unsaturated/α-hetero) is 1. The van der Waals surface area contributed by atoms with E-state index in [9.17, 15) is 19.8 Å². The Morgan fingerprint density at radius 2 is 1.63 bits per heavy atom. The van der Waals surface area contributed by atoms with E-state index < -0.39 is 17.7 Å². The van der Waals surface area contributed by atoms with Crippen molar-refractivity contribution in [3.05, 3.63) is 100 Å². The van der Waals surface area contributed by atoms with Gasteiger partial charge in [-0.2, -0.15) is 0 Å². The number of carbonyl (C=O) groups is 2. The van der Waals surface area contributed by atoms with E-state index in [1.165, 1.54) is 17.0 Å². The van der Waals surface area contributed by atoms with Crippen LogP contribution in [-0.2, 0) is 9.59 Å². The van der Waals surface area contributed by atoms with Crippen LogP contribution in [0.1, 0.15) is 22.7 Å². The van der Waals surface area contributed by atoms with Gasteiger partial charge in [-0.25, -0.2) is 0 Å². The van der Waals surface area contributed by atoms with E-state index >= 15 is 0 Å². The number of aliphatic hydroxyl groups is 1. The molecule has 3 aromatic carbocycles. The second-order valence-corrected chi connectivity index (χ2v) is 7.47. The molecule has 0 aromatic heterocycles. The zero-order valence-electron chi connectivity index (χ0n) is 16.0. The molecule has 0 radical (unpaired) electrons. The van der Waals surface area contributed by atoms with Gasteiger partial charge in [-0.05, 0) is 42.3 Å². The normalized spacial score (nSPS) is 18.1. The molecule has 2 N–H and O–H groups in total. The molecule has 1 aliphatic rings. The molecule has 0 spiro atoms. The predicted molar refractivity (Wildman–Crippen MR) is 116 cm³/mol. The molecule has 1 fully saturated rings. The van der Waals surface area contributed by atoms with Gasteiger partial charge in [-0.1, -0.05) is 60.1 Å². The summed E-state index contributed by atoms with van der Waals surface area (Å²) in [6, 6.07) is 19.0. The third-order valence-corrected chi connectivity index (χ3v) is 5.54. The summed E-state index contributed by atoms with van der Waals surface area (Å²) in [6.45, 7) is 1.84. The van der Waals surface area contributed by atoms with Crippen molar-refractivity contribution in [2.45, 2.75) is 13.0 Å². The Balaban J connectivity index is 1.95. The highest BCUT2D eigenvalue weighted by Gasteiger charge is 2.47. The molecule has 4 rings (SSSR count). The Bertz CT molecular complexity index is 1170. The minimum atomic E-state index is -0.871. The van der Waals surface area contributed by atoms with Crippen molar-refractivity contribution in [1.82, 2.24) is 0 Å². The van der Waals surface area contributed by atoms with Crippen LogP contribution in [0, 0.1) is 6.92 Å². The number of halogens is 1. The highest BCUT2D eigenvalue weighted by molar-refractivity contribution is 6.51. The molecule has 0 unspecified atom stereocenters. The van der Waals surface area contributed by atoms with E-state index in [4.69, 9.17) is 11.6 Å². The van der Waals surface area contributed by atoms with E-state index in [-0.39, 0.29) is 17.1 Å². The van der Waals surface area contributed by atoms with Gasteiger partial charge in [0, 0.05) is 16.3 Å². The van der Waals surface area contributed by atoms with Crippen molar-refractivity contribution in [3.63, 3.8) is 0 Å². The Kier molecular flexibility index (Phi) is 5.06. The maximum Gasteiger partial charge on any atom is 0.300 e. The number of phenols is 1. The maximum atomic E-state index is 13.0. The lowest BCUT2D eigenvalue weighted by Crippen LogP contribution is -2.29. The number of aromatic hydroxyl groups is 1. The van der Waals surface area contributed by atoms with Crippen LogP contribution in [0.25, 0.3) is 5.76 Å². The van der Waals surface area contributed by atoms with Gasteiger partial charge in [0.15, 0.2) is 0 Å². The van der Waals surface area contributed by atoms with Gasteiger partial charge >= 0.3 is 0 Å². The van der Waals surface area contributed by atoms with Crippen LogP contribution in [0.3, 0.4) is 0 Å². The summed E-state index contributed by atoms with van der Waals surface area (Å²) in [5.74, 6) is -1.75. The van der Waals surface area contributed by atoms with Gasteiger partial charge in [0.25, 0.3) is 11.7 Å². The number of anilines is 1. The minimum Gasteiger partial charge on any atom is -0.508 e. The van der Waals surface area contributed by atoms with Crippen molar-refractivity contribution in [2.75, 3.05) is 4.90 Å². The van der Waals surface area contributed by atoms with Gasteiger partial charge < -0.3 is 10.2 Å². The summed E-state index contributed by atoms with van der Waals surface area (Å²) in [5.41, 5.74) is 2.26. The average molecular weight is 420 g/mol. The Morgan fingerprint density at radius 3 is 2.27 bits per heavy atom. The molecule has 0 aliphatic carbocycles. The number of aryl methyl sites for hydroxylation is 1. The lowest BCUT2D eigenvalue weighted by Gasteiger charge is -2.26. The number of ketones is 1. The number of rotatable bonds is 3. The zero-order chi connectivity index (χ0) is 21.4. The Morgan fingerprint density at radius 1 is 0.967 bits per heavy atom. The van der Waals surface area contributed by atoms with E-state index in [0.717, 1.165) is 5.56 Å². The molecule has 1 amide bonds. The fourth-order valence-corrected chi connectivity index (χ4v) is 3.73. The first-order valence-electron chi connectivity index (χ1n) is 9.30. The fraction of sp³-hybridized carbons (Fsp3) is 0.0833. The maximum absolute atomic E-state index is 13.0. The number of amides is 1. The Hall–Kier alpha value is -3.57. The average Bonchev–Trinajstić information content (AvgIpc) is 3.01. The van der Waals surface area contributed by atoms with E-state index in [1.807, 2.05) is 6.92 Å². The summed E-state index contributed by atoms with van der Waals surface area (Å²) < 4.78 is 0. The summed E-state index contributed by atoms with van der Waals surface area (Å²) >= 11 is 6.27. The molecule has 0 saturated carbocycles. The van der Waals surface area contributed by atoms with Crippen molar-refractivity contribution in [2.24, 2.45) is 0 Å². The topological polar surface area (TPSA) is 77.8 Å². The summed E-state index contributed by atoms with van der Waals surface area (Å²) in [6.07, 6.45) is 0. The number of carbonyl (C=O) groups excluding carboxylic acids is 2. The first kappa shape index (κ1) is 19.7. The molecule has 150 valence electrons. The number of nitrogens with zero attached hydrogens (tertiary/aromatic N) is 1. The van der Waals surface area contributed by atoms with Gasteiger partial charge in [-0.3, -0.25) is 14.5 Å². The van der Waals surface area contributed by atoms with Crippen molar-refractivity contribution < 1.29 is 19.8 Å². The molecule has 1 saturated heterocycles. The molecule has 5 nitrogen and oxygen atoms in total. The standard InChI is InChI=1S/C24H18ClNO4/c1-14-7-10-17(13-19(14)25)26-21(15-8-11-18(27)12-9-15)20(23(29)24(26)30)22(28)16-5-3-2-4-6-16/h2-13,21,27-28H,1H3/t21-/m1/s1. The molecule has 0 bridgehead atoms. The number of phenolic OH excluding ortho intramolecular Hbond substituents is 1. The first-order valence-corrected chi connectivity index (χ1v) is 9.68. The number of hydrogen-bond donors (Lipinski definition) is 2. The highest BCUT2D eigenvalue weighted by atomic mass is 35.5. The largest absolute Gasteiger partial charge is 0.508 e. The van der Waals surface area contributed by atoms with Crippen LogP contribution in [0.4, 0.5) is 5.69 Å². The summed E-state index contributed by atoms with van der Waals surface area (Å²) in [4.78, 5) is 27.4. The highest BCUT2D eigenvalue weighted by Crippen LogP contribution is 2.43. The van der Waals surface area contributed by atoms with Crippen LogP contribution in [0.5, 0.6) is 5.75 Å². The second-order valence-electron chi connectivity index (χ2n) is 7.06. The van der Waals surface area contributed by atoms with Gasteiger partial charge in [0.05, 0.1) is 11.6 Å². The molecule has 6 heteroatoms. The van der Waals surface area contributed by atoms with Crippen molar-refractivity contribution >= 4 is 34.7 Å². The van der Waals surface area contributed by atoms with E-state index in [2.05, 4.69) is 0 Å². The molecule has 1 heterocycles. The van der Waals surface area contributed by atoms with Gasteiger partial charge in [-0.15, -0.1) is 0 Å². The monoisotopic (exact) mass is 419 g/mol. The van der Waals surface area contributed by atoms with Crippen molar-refractivity contribution in [1.29, 1.82) is 0 Å². The van der Waals surface area contributed by atoms with Crippen LogP contribution in [0.2, 0.25) is 5.02 Å². The molecule has 3 aromatic rings.